The zero-order valence-corrected chi connectivity index (χ0v) is 12.3. The minimum absolute atomic E-state index is 0.124. The normalized spacial score (nSPS) is 12.2. The highest BCUT2D eigenvalue weighted by atomic mass is 79.9. The predicted octanol–water partition coefficient (Wildman–Crippen LogP) is 4.01. The highest BCUT2D eigenvalue weighted by Gasteiger charge is 2.15. The number of halogens is 3. The van der Waals surface area contributed by atoms with E-state index in [1.165, 1.54) is 31.4 Å². The molecule has 0 aliphatic carbocycles. The molecule has 1 unspecified atom stereocenters. The minimum atomic E-state index is -1.03. The number of hydrogen-bond donors (Lipinski definition) is 1. The van der Waals surface area contributed by atoms with Crippen molar-refractivity contribution in [2.45, 2.75) is 12.5 Å². The van der Waals surface area contributed by atoms with E-state index in [1.807, 2.05) is 0 Å². The number of hydrogen-bond acceptors (Lipinski definition) is 2. The van der Waals surface area contributed by atoms with Crippen molar-refractivity contribution in [2.75, 3.05) is 7.11 Å². The first kappa shape index (κ1) is 14.9. The Balaban J connectivity index is 2.18. The Morgan fingerprint density at radius 2 is 1.90 bits per heavy atom. The summed E-state index contributed by atoms with van der Waals surface area (Å²) in [5.74, 6) is -0.868. The van der Waals surface area contributed by atoms with Crippen molar-refractivity contribution >= 4 is 15.9 Å². The first-order chi connectivity index (χ1) is 9.51. The van der Waals surface area contributed by atoms with E-state index in [9.17, 15) is 13.9 Å². The molecule has 0 heterocycles. The first-order valence-electron chi connectivity index (χ1n) is 5.96. The summed E-state index contributed by atoms with van der Waals surface area (Å²) in [5.41, 5.74) is 0.752. The van der Waals surface area contributed by atoms with Crippen LogP contribution in [0.25, 0.3) is 0 Å². The molecule has 1 N–H and O–H groups in total. The summed E-state index contributed by atoms with van der Waals surface area (Å²) in [4.78, 5) is 0. The van der Waals surface area contributed by atoms with Gasteiger partial charge in [0.1, 0.15) is 5.82 Å². The fourth-order valence-corrected chi connectivity index (χ4v) is 2.27. The third-order valence-electron chi connectivity index (χ3n) is 2.97. The summed E-state index contributed by atoms with van der Waals surface area (Å²) < 4.78 is 32.7. The summed E-state index contributed by atoms with van der Waals surface area (Å²) in [6.07, 6.45) is -0.907. The standard InChI is InChI=1S/C15H13BrF2O2/c1-20-15-5-2-9(6-13(15)18)7-14(19)11-4-3-10(16)8-12(11)17/h2-6,8,14,19H,7H2,1H3. The van der Waals surface area contributed by atoms with Crippen LogP contribution in [0.5, 0.6) is 5.75 Å². The fraction of sp³-hybridized carbons (Fsp3) is 0.200. The maximum Gasteiger partial charge on any atom is 0.165 e. The number of methoxy groups -OCH3 is 1. The molecule has 2 aromatic carbocycles. The number of rotatable bonds is 4. The summed E-state index contributed by atoms with van der Waals surface area (Å²) in [5, 5.41) is 10.1. The predicted molar refractivity (Wildman–Crippen MR) is 75.7 cm³/mol. The van der Waals surface area contributed by atoms with Gasteiger partial charge < -0.3 is 9.84 Å². The number of benzene rings is 2. The van der Waals surface area contributed by atoms with E-state index in [0.29, 0.717) is 10.0 Å². The molecule has 0 amide bonds. The van der Waals surface area contributed by atoms with Crippen LogP contribution in [0.2, 0.25) is 0 Å². The molecule has 20 heavy (non-hydrogen) atoms. The third-order valence-corrected chi connectivity index (χ3v) is 3.46. The second kappa shape index (κ2) is 6.33. The van der Waals surface area contributed by atoms with Crippen LogP contribution in [-0.2, 0) is 6.42 Å². The van der Waals surface area contributed by atoms with E-state index in [1.54, 1.807) is 12.1 Å². The van der Waals surface area contributed by atoms with Crippen molar-refractivity contribution in [1.29, 1.82) is 0 Å². The van der Waals surface area contributed by atoms with Crippen molar-refractivity contribution in [1.82, 2.24) is 0 Å². The first-order valence-corrected chi connectivity index (χ1v) is 6.76. The average Bonchev–Trinajstić information content (AvgIpc) is 2.38. The van der Waals surface area contributed by atoms with Crippen LogP contribution in [0.4, 0.5) is 8.78 Å². The SMILES string of the molecule is COc1ccc(CC(O)c2ccc(Br)cc2F)cc1F. The summed E-state index contributed by atoms with van der Waals surface area (Å²) in [6.45, 7) is 0. The molecule has 106 valence electrons. The van der Waals surface area contributed by atoms with Crippen LogP contribution in [0.3, 0.4) is 0 Å². The Bertz CT molecular complexity index is 617. The van der Waals surface area contributed by atoms with Gasteiger partial charge in [0.05, 0.1) is 13.2 Å². The van der Waals surface area contributed by atoms with Gasteiger partial charge in [0, 0.05) is 16.5 Å². The molecule has 2 rings (SSSR count). The van der Waals surface area contributed by atoms with E-state index >= 15 is 0 Å². The largest absolute Gasteiger partial charge is 0.494 e. The Morgan fingerprint density at radius 1 is 1.15 bits per heavy atom. The van der Waals surface area contributed by atoms with Gasteiger partial charge >= 0.3 is 0 Å². The molecular weight excluding hydrogens is 330 g/mol. The highest BCUT2D eigenvalue weighted by Crippen LogP contribution is 2.25. The maximum atomic E-state index is 13.7. The minimum Gasteiger partial charge on any atom is -0.494 e. The lowest BCUT2D eigenvalue weighted by Crippen LogP contribution is -2.05. The monoisotopic (exact) mass is 342 g/mol. The molecule has 0 spiro atoms. The highest BCUT2D eigenvalue weighted by molar-refractivity contribution is 9.10. The van der Waals surface area contributed by atoms with Gasteiger partial charge in [-0.1, -0.05) is 28.1 Å². The lowest BCUT2D eigenvalue weighted by atomic mass is 10.0. The maximum absolute atomic E-state index is 13.7. The second-order valence-corrected chi connectivity index (χ2v) is 5.27. The van der Waals surface area contributed by atoms with Crippen LogP contribution in [0.15, 0.2) is 40.9 Å². The molecule has 2 aromatic rings. The van der Waals surface area contributed by atoms with Gasteiger partial charge in [-0.05, 0) is 29.8 Å². The van der Waals surface area contributed by atoms with Gasteiger partial charge in [-0.3, -0.25) is 0 Å². The van der Waals surface area contributed by atoms with E-state index < -0.39 is 17.7 Å². The lowest BCUT2D eigenvalue weighted by molar-refractivity contribution is 0.173. The molecule has 1 atom stereocenters. The Labute approximate surface area is 124 Å². The molecule has 0 saturated carbocycles. The van der Waals surface area contributed by atoms with Gasteiger partial charge in [0.2, 0.25) is 0 Å². The molecular formula is C15H13BrF2O2. The quantitative estimate of drug-likeness (QED) is 0.909. The number of ether oxygens (including phenoxy) is 1. The molecule has 0 fully saturated rings. The van der Waals surface area contributed by atoms with Gasteiger partial charge in [-0.2, -0.15) is 0 Å². The zero-order chi connectivity index (χ0) is 14.7. The lowest BCUT2D eigenvalue weighted by Gasteiger charge is -2.13. The van der Waals surface area contributed by atoms with Crippen LogP contribution < -0.4 is 4.74 Å². The van der Waals surface area contributed by atoms with Crippen molar-refractivity contribution < 1.29 is 18.6 Å². The van der Waals surface area contributed by atoms with Gasteiger partial charge in [-0.25, -0.2) is 8.78 Å². The molecule has 0 aliphatic rings. The number of aliphatic hydroxyl groups excluding tert-OH is 1. The Morgan fingerprint density at radius 3 is 2.50 bits per heavy atom. The van der Waals surface area contributed by atoms with Crippen molar-refractivity contribution in [2.24, 2.45) is 0 Å². The van der Waals surface area contributed by atoms with Gasteiger partial charge in [0.15, 0.2) is 11.6 Å². The third kappa shape index (κ3) is 3.35. The Kier molecular flexibility index (Phi) is 4.73. The van der Waals surface area contributed by atoms with Crippen LogP contribution >= 0.6 is 15.9 Å². The zero-order valence-electron chi connectivity index (χ0n) is 10.7. The molecule has 0 bridgehead atoms. The van der Waals surface area contributed by atoms with Crippen LogP contribution in [0.1, 0.15) is 17.2 Å². The average molecular weight is 343 g/mol. The van der Waals surface area contributed by atoms with Crippen LogP contribution in [0, 0.1) is 11.6 Å². The van der Waals surface area contributed by atoms with Crippen molar-refractivity contribution in [3.8, 4) is 5.75 Å². The van der Waals surface area contributed by atoms with Gasteiger partial charge in [-0.15, -0.1) is 0 Å². The Hall–Kier alpha value is -1.46. The van der Waals surface area contributed by atoms with Crippen LogP contribution in [-0.4, -0.2) is 12.2 Å². The molecule has 0 aliphatic heterocycles. The van der Waals surface area contributed by atoms with Crippen molar-refractivity contribution in [3.63, 3.8) is 0 Å². The molecule has 5 heteroatoms. The summed E-state index contributed by atoms with van der Waals surface area (Å²) in [7, 11) is 1.38. The topological polar surface area (TPSA) is 29.5 Å². The molecule has 0 radical (unpaired) electrons. The van der Waals surface area contributed by atoms with E-state index in [0.717, 1.165) is 0 Å². The van der Waals surface area contributed by atoms with E-state index in [2.05, 4.69) is 15.9 Å². The molecule has 0 saturated heterocycles. The van der Waals surface area contributed by atoms with Gasteiger partial charge in [0.25, 0.3) is 0 Å². The smallest absolute Gasteiger partial charge is 0.165 e. The number of aliphatic hydroxyl groups is 1. The fourth-order valence-electron chi connectivity index (χ4n) is 1.94. The molecule has 0 aromatic heterocycles. The summed E-state index contributed by atoms with van der Waals surface area (Å²) in [6, 6.07) is 8.84. The van der Waals surface area contributed by atoms with E-state index in [4.69, 9.17) is 4.74 Å². The summed E-state index contributed by atoms with van der Waals surface area (Å²) >= 11 is 3.15. The van der Waals surface area contributed by atoms with Crippen molar-refractivity contribution in [3.05, 3.63) is 63.6 Å². The molecule has 2 nitrogen and oxygen atoms in total. The second-order valence-electron chi connectivity index (χ2n) is 4.35. The van der Waals surface area contributed by atoms with E-state index in [-0.39, 0.29) is 17.7 Å².